The van der Waals surface area contributed by atoms with Gasteiger partial charge in [0.15, 0.2) is 0 Å². The summed E-state index contributed by atoms with van der Waals surface area (Å²) in [5.74, 6) is -0.936. The quantitative estimate of drug-likeness (QED) is 0.486. The van der Waals surface area contributed by atoms with Crippen LogP contribution in [0.1, 0.15) is 33.9 Å². The maximum atomic E-state index is 13.8. The lowest BCUT2D eigenvalue weighted by atomic mass is 10.0. The Morgan fingerprint density at radius 2 is 1.77 bits per heavy atom. The van der Waals surface area contributed by atoms with E-state index in [0.29, 0.717) is 21.3 Å². The Hall–Kier alpha value is -3.10. The standard InChI is InChI=1S/C22H20BrFN4O2/c23-17-6-5-16(19(24)11-17)13-27-21(29)12-20(25)14-1-3-15(4-2-14)22(30)28-18-7-9-26-10-8-18/h1-11,20H,12-13,25H2,(H,27,29)(H,26,28,30). The van der Waals surface area contributed by atoms with E-state index >= 15 is 0 Å². The third-order valence-corrected chi connectivity index (χ3v) is 4.93. The molecule has 2 amide bonds. The van der Waals surface area contributed by atoms with Gasteiger partial charge in [0.2, 0.25) is 5.91 Å². The van der Waals surface area contributed by atoms with Gasteiger partial charge in [0, 0.05) is 52.7 Å². The van der Waals surface area contributed by atoms with Crippen molar-refractivity contribution in [1.29, 1.82) is 0 Å². The molecular weight excluding hydrogens is 451 g/mol. The summed E-state index contributed by atoms with van der Waals surface area (Å²) < 4.78 is 14.5. The van der Waals surface area contributed by atoms with Gasteiger partial charge in [0.25, 0.3) is 5.91 Å². The number of halogens is 2. The lowest BCUT2D eigenvalue weighted by Crippen LogP contribution is -2.27. The van der Waals surface area contributed by atoms with Crippen LogP contribution in [0, 0.1) is 5.82 Å². The molecule has 2 aromatic carbocycles. The first-order valence-electron chi connectivity index (χ1n) is 9.20. The predicted molar refractivity (Wildman–Crippen MR) is 116 cm³/mol. The van der Waals surface area contributed by atoms with E-state index in [2.05, 4.69) is 31.5 Å². The second-order valence-corrected chi connectivity index (χ2v) is 7.55. The van der Waals surface area contributed by atoms with E-state index in [1.165, 1.54) is 6.07 Å². The molecule has 0 aliphatic rings. The van der Waals surface area contributed by atoms with Crippen LogP contribution < -0.4 is 16.4 Å². The Bertz CT molecular complexity index is 1030. The summed E-state index contributed by atoms with van der Waals surface area (Å²) in [6.45, 7) is 0.0821. The highest BCUT2D eigenvalue weighted by molar-refractivity contribution is 9.10. The maximum Gasteiger partial charge on any atom is 0.255 e. The van der Waals surface area contributed by atoms with Crippen LogP contribution in [0.4, 0.5) is 10.1 Å². The molecule has 0 spiro atoms. The predicted octanol–water partition coefficient (Wildman–Crippen LogP) is 3.94. The zero-order valence-corrected chi connectivity index (χ0v) is 17.5. The molecule has 0 aliphatic heterocycles. The number of nitrogens with one attached hydrogen (secondary N) is 2. The Balaban J connectivity index is 1.53. The van der Waals surface area contributed by atoms with Crippen LogP contribution in [0.25, 0.3) is 0 Å². The summed E-state index contributed by atoms with van der Waals surface area (Å²) in [7, 11) is 0. The molecule has 1 heterocycles. The fraction of sp³-hybridized carbons (Fsp3) is 0.136. The van der Waals surface area contributed by atoms with Gasteiger partial charge in [-0.1, -0.05) is 34.1 Å². The third kappa shape index (κ3) is 5.95. The van der Waals surface area contributed by atoms with Gasteiger partial charge in [0.1, 0.15) is 5.82 Å². The molecule has 0 aliphatic carbocycles. The first-order chi connectivity index (χ1) is 14.4. The van der Waals surface area contributed by atoms with Crippen LogP contribution in [0.15, 0.2) is 71.5 Å². The molecule has 0 radical (unpaired) electrons. The number of amides is 2. The molecule has 3 aromatic rings. The van der Waals surface area contributed by atoms with Crippen LogP contribution in [-0.4, -0.2) is 16.8 Å². The van der Waals surface area contributed by atoms with Crippen LogP contribution in [0.3, 0.4) is 0 Å². The molecule has 6 nitrogen and oxygen atoms in total. The monoisotopic (exact) mass is 470 g/mol. The normalized spacial score (nSPS) is 11.6. The van der Waals surface area contributed by atoms with Gasteiger partial charge in [-0.2, -0.15) is 0 Å². The van der Waals surface area contributed by atoms with Crippen LogP contribution >= 0.6 is 15.9 Å². The summed E-state index contributed by atoms with van der Waals surface area (Å²) in [5.41, 5.74) is 8.35. The molecule has 1 unspecified atom stereocenters. The largest absolute Gasteiger partial charge is 0.352 e. The Morgan fingerprint density at radius 3 is 2.43 bits per heavy atom. The molecule has 1 aromatic heterocycles. The van der Waals surface area contributed by atoms with Crippen LogP contribution in [0.5, 0.6) is 0 Å². The van der Waals surface area contributed by atoms with Crippen LogP contribution in [0.2, 0.25) is 0 Å². The van der Waals surface area contributed by atoms with Crippen molar-refractivity contribution < 1.29 is 14.0 Å². The number of benzene rings is 2. The topological polar surface area (TPSA) is 97.1 Å². The number of hydrogen-bond acceptors (Lipinski definition) is 4. The van der Waals surface area contributed by atoms with Crippen molar-refractivity contribution in [3.8, 4) is 0 Å². The number of carbonyl (C=O) groups excluding carboxylic acids is 2. The lowest BCUT2D eigenvalue weighted by molar-refractivity contribution is -0.121. The van der Waals surface area contributed by atoms with Crippen molar-refractivity contribution in [3.63, 3.8) is 0 Å². The second-order valence-electron chi connectivity index (χ2n) is 6.64. The number of aromatic nitrogens is 1. The van der Waals surface area contributed by atoms with E-state index in [0.717, 1.165) is 5.56 Å². The van der Waals surface area contributed by atoms with E-state index in [9.17, 15) is 14.0 Å². The number of rotatable bonds is 7. The van der Waals surface area contributed by atoms with Gasteiger partial charge >= 0.3 is 0 Å². The minimum atomic E-state index is -0.544. The van der Waals surface area contributed by atoms with Crippen molar-refractivity contribution >= 4 is 33.4 Å². The Labute approximate surface area is 181 Å². The van der Waals surface area contributed by atoms with Gasteiger partial charge in [0.05, 0.1) is 0 Å². The second kappa shape index (κ2) is 10.1. The molecule has 0 saturated heterocycles. The number of nitrogens with zero attached hydrogens (tertiary/aromatic N) is 1. The molecule has 0 saturated carbocycles. The van der Waals surface area contributed by atoms with Gasteiger partial charge in [-0.05, 0) is 42.0 Å². The van der Waals surface area contributed by atoms with E-state index in [-0.39, 0.29) is 24.8 Å². The zero-order chi connectivity index (χ0) is 21.5. The van der Waals surface area contributed by atoms with Crippen molar-refractivity contribution in [1.82, 2.24) is 10.3 Å². The molecule has 1 atom stereocenters. The Morgan fingerprint density at radius 1 is 1.07 bits per heavy atom. The highest BCUT2D eigenvalue weighted by Gasteiger charge is 2.14. The van der Waals surface area contributed by atoms with Crippen molar-refractivity contribution in [2.45, 2.75) is 19.0 Å². The summed E-state index contributed by atoms with van der Waals surface area (Å²) in [4.78, 5) is 28.3. The molecule has 154 valence electrons. The molecule has 30 heavy (non-hydrogen) atoms. The summed E-state index contributed by atoms with van der Waals surface area (Å²) in [5, 5.41) is 5.44. The first kappa shape index (κ1) is 21.6. The van der Waals surface area contributed by atoms with E-state index in [1.807, 2.05) is 0 Å². The fourth-order valence-corrected chi connectivity index (χ4v) is 3.10. The van der Waals surface area contributed by atoms with Gasteiger partial charge in [-0.3, -0.25) is 14.6 Å². The number of carbonyl (C=O) groups is 2. The SMILES string of the molecule is NC(CC(=O)NCc1ccc(Br)cc1F)c1ccc(C(=O)Nc2ccncc2)cc1. The fourth-order valence-electron chi connectivity index (χ4n) is 2.77. The molecule has 0 bridgehead atoms. The maximum absolute atomic E-state index is 13.8. The summed E-state index contributed by atoms with van der Waals surface area (Å²) in [6, 6.07) is 14.3. The number of anilines is 1. The van der Waals surface area contributed by atoms with E-state index in [1.54, 1.807) is 60.9 Å². The van der Waals surface area contributed by atoms with E-state index < -0.39 is 11.9 Å². The lowest BCUT2D eigenvalue weighted by Gasteiger charge is -2.13. The summed E-state index contributed by atoms with van der Waals surface area (Å²) in [6.07, 6.45) is 3.22. The number of hydrogen-bond donors (Lipinski definition) is 3. The molecular formula is C22H20BrFN4O2. The van der Waals surface area contributed by atoms with E-state index in [4.69, 9.17) is 5.73 Å². The molecule has 4 N–H and O–H groups in total. The average Bonchev–Trinajstić information content (AvgIpc) is 2.74. The third-order valence-electron chi connectivity index (χ3n) is 4.44. The minimum absolute atomic E-state index is 0.0424. The van der Waals surface area contributed by atoms with Crippen molar-refractivity contribution in [3.05, 3.63) is 94.0 Å². The zero-order valence-electron chi connectivity index (χ0n) is 15.9. The number of nitrogens with two attached hydrogens (primary N) is 1. The molecule has 8 heteroatoms. The smallest absolute Gasteiger partial charge is 0.255 e. The molecule has 0 fully saturated rings. The van der Waals surface area contributed by atoms with Gasteiger partial charge in [-0.15, -0.1) is 0 Å². The first-order valence-corrected chi connectivity index (χ1v) is 9.99. The van der Waals surface area contributed by atoms with Gasteiger partial charge < -0.3 is 16.4 Å². The highest BCUT2D eigenvalue weighted by atomic mass is 79.9. The van der Waals surface area contributed by atoms with Crippen molar-refractivity contribution in [2.24, 2.45) is 5.73 Å². The molecule has 3 rings (SSSR count). The number of pyridine rings is 1. The van der Waals surface area contributed by atoms with Crippen molar-refractivity contribution in [2.75, 3.05) is 5.32 Å². The van der Waals surface area contributed by atoms with Gasteiger partial charge in [-0.25, -0.2) is 4.39 Å². The Kier molecular flexibility index (Phi) is 7.26. The van der Waals surface area contributed by atoms with Crippen LogP contribution in [-0.2, 0) is 11.3 Å². The highest BCUT2D eigenvalue weighted by Crippen LogP contribution is 2.17. The minimum Gasteiger partial charge on any atom is -0.352 e. The summed E-state index contributed by atoms with van der Waals surface area (Å²) >= 11 is 3.19. The average molecular weight is 471 g/mol.